The zero-order chi connectivity index (χ0) is 12.1. The van der Waals surface area contributed by atoms with Crippen molar-refractivity contribution in [3.63, 3.8) is 0 Å². The summed E-state index contributed by atoms with van der Waals surface area (Å²) in [4.78, 5) is 13.7. The lowest BCUT2D eigenvalue weighted by atomic mass is 10.2. The molecule has 17 heavy (non-hydrogen) atoms. The predicted octanol–water partition coefficient (Wildman–Crippen LogP) is 1.69. The Balaban J connectivity index is 1.73. The van der Waals surface area contributed by atoms with Crippen LogP contribution in [0.5, 0.6) is 0 Å². The van der Waals surface area contributed by atoms with Crippen LogP contribution in [0.3, 0.4) is 0 Å². The van der Waals surface area contributed by atoms with E-state index >= 15 is 0 Å². The van der Waals surface area contributed by atoms with Gasteiger partial charge >= 0.3 is 0 Å². The molecule has 0 atom stereocenters. The number of nitrogens with one attached hydrogen (secondary N) is 1. The number of carbonyl (C=O) groups excluding carboxylic acids is 1. The van der Waals surface area contributed by atoms with E-state index in [1.54, 1.807) is 0 Å². The Morgan fingerprint density at radius 1 is 1.35 bits per heavy atom. The number of nitrogens with zero attached hydrogens (tertiary/aromatic N) is 1. The van der Waals surface area contributed by atoms with Crippen LogP contribution in [0.1, 0.15) is 19.3 Å². The zero-order valence-electron chi connectivity index (χ0n) is 9.98. The standard InChI is InChI=1S/C13H19N3O/c14-11-4-3-5-12(10-11)15-7-6-13(17)16-8-1-2-9-16/h3-5,10,15H,1-2,6-9,14H2. The summed E-state index contributed by atoms with van der Waals surface area (Å²) in [5.41, 5.74) is 7.38. The third-order valence-electron chi connectivity index (χ3n) is 3.01. The zero-order valence-corrected chi connectivity index (χ0v) is 9.98. The van der Waals surface area contributed by atoms with Crippen LogP contribution in [0.25, 0.3) is 0 Å². The smallest absolute Gasteiger partial charge is 0.224 e. The average Bonchev–Trinajstić information content (AvgIpc) is 2.82. The van der Waals surface area contributed by atoms with E-state index in [2.05, 4.69) is 5.32 Å². The second-order valence-electron chi connectivity index (χ2n) is 4.39. The number of benzene rings is 1. The van der Waals surface area contributed by atoms with Gasteiger partial charge in [-0.2, -0.15) is 0 Å². The van der Waals surface area contributed by atoms with Gasteiger partial charge in [-0.25, -0.2) is 0 Å². The summed E-state index contributed by atoms with van der Waals surface area (Å²) in [6.45, 7) is 2.52. The molecule has 1 aromatic carbocycles. The molecule has 1 aliphatic rings. The summed E-state index contributed by atoms with van der Waals surface area (Å²) < 4.78 is 0. The highest BCUT2D eigenvalue weighted by molar-refractivity contribution is 5.77. The molecule has 0 spiro atoms. The highest BCUT2D eigenvalue weighted by atomic mass is 16.2. The van der Waals surface area contributed by atoms with Crippen molar-refractivity contribution in [2.45, 2.75) is 19.3 Å². The fraction of sp³-hybridized carbons (Fsp3) is 0.462. The molecule has 0 aromatic heterocycles. The van der Waals surface area contributed by atoms with Crippen LogP contribution in [-0.2, 0) is 4.79 Å². The first kappa shape index (κ1) is 11.8. The number of nitrogen functional groups attached to an aromatic ring is 1. The summed E-state index contributed by atoms with van der Waals surface area (Å²) in [6.07, 6.45) is 2.84. The van der Waals surface area contributed by atoms with Crippen LogP contribution in [-0.4, -0.2) is 30.4 Å². The van der Waals surface area contributed by atoms with Gasteiger partial charge in [-0.15, -0.1) is 0 Å². The minimum atomic E-state index is 0.249. The first-order chi connectivity index (χ1) is 8.25. The topological polar surface area (TPSA) is 58.4 Å². The Morgan fingerprint density at radius 2 is 2.12 bits per heavy atom. The van der Waals surface area contributed by atoms with Gasteiger partial charge in [0, 0.05) is 37.4 Å². The molecule has 0 saturated carbocycles. The molecule has 0 unspecified atom stereocenters. The Kier molecular flexibility index (Phi) is 3.85. The van der Waals surface area contributed by atoms with Gasteiger partial charge in [0.1, 0.15) is 0 Å². The maximum absolute atomic E-state index is 11.8. The van der Waals surface area contributed by atoms with E-state index in [4.69, 9.17) is 5.73 Å². The number of amides is 1. The number of hydrogen-bond acceptors (Lipinski definition) is 3. The van der Waals surface area contributed by atoms with E-state index in [0.29, 0.717) is 13.0 Å². The molecule has 1 amide bonds. The number of likely N-dealkylation sites (tertiary alicyclic amines) is 1. The van der Waals surface area contributed by atoms with Gasteiger partial charge in [-0.3, -0.25) is 4.79 Å². The lowest BCUT2D eigenvalue weighted by Crippen LogP contribution is -2.29. The molecule has 3 N–H and O–H groups in total. The van der Waals surface area contributed by atoms with Crippen LogP contribution in [0.2, 0.25) is 0 Å². The van der Waals surface area contributed by atoms with Crippen LogP contribution >= 0.6 is 0 Å². The third kappa shape index (κ3) is 3.37. The van der Waals surface area contributed by atoms with E-state index in [-0.39, 0.29) is 5.91 Å². The minimum Gasteiger partial charge on any atom is -0.399 e. The first-order valence-corrected chi connectivity index (χ1v) is 6.13. The quantitative estimate of drug-likeness (QED) is 0.778. The van der Waals surface area contributed by atoms with Crippen molar-refractivity contribution in [2.24, 2.45) is 0 Å². The highest BCUT2D eigenvalue weighted by Crippen LogP contribution is 2.12. The largest absolute Gasteiger partial charge is 0.399 e. The van der Waals surface area contributed by atoms with E-state index in [1.807, 2.05) is 29.2 Å². The lowest BCUT2D eigenvalue weighted by molar-refractivity contribution is -0.129. The van der Waals surface area contributed by atoms with Crippen molar-refractivity contribution in [2.75, 3.05) is 30.7 Å². The van der Waals surface area contributed by atoms with Crippen molar-refractivity contribution < 1.29 is 4.79 Å². The number of carbonyl (C=O) groups is 1. The summed E-state index contributed by atoms with van der Waals surface area (Å²) in [5.74, 6) is 0.249. The Morgan fingerprint density at radius 3 is 2.82 bits per heavy atom. The van der Waals surface area contributed by atoms with Crippen molar-refractivity contribution in [1.29, 1.82) is 0 Å². The van der Waals surface area contributed by atoms with Crippen molar-refractivity contribution in [3.8, 4) is 0 Å². The third-order valence-corrected chi connectivity index (χ3v) is 3.01. The highest BCUT2D eigenvalue weighted by Gasteiger charge is 2.16. The predicted molar refractivity (Wildman–Crippen MR) is 69.8 cm³/mol. The van der Waals surface area contributed by atoms with Crippen LogP contribution in [0.4, 0.5) is 11.4 Å². The first-order valence-electron chi connectivity index (χ1n) is 6.13. The van der Waals surface area contributed by atoms with Gasteiger partial charge in [-0.1, -0.05) is 6.07 Å². The SMILES string of the molecule is Nc1cccc(NCCC(=O)N2CCCC2)c1. The van der Waals surface area contributed by atoms with E-state index in [0.717, 1.165) is 37.3 Å². The number of nitrogens with two attached hydrogens (primary N) is 1. The van der Waals surface area contributed by atoms with Gasteiger partial charge in [0.2, 0.25) is 5.91 Å². The van der Waals surface area contributed by atoms with Crippen molar-refractivity contribution in [1.82, 2.24) is 4.90 Å². The lowest BCUT2D eigenvalue weighted by Gasteiger charge is -2.15. The molecule has 4 nitrogen and oxygen atoms in total. The van der Waals surface area contributed by atoms with Gasteiger partial charge < -0.3 is 16.0 Å². The van der Waals surface area contributed by atoms with Crippen LogP contribution in [0, 0.1) is 0 Å². The molecule has 1 fully saturated rings. The average molecular weight is 233 g/mol. The van der Waals surface area contributed by atoms with Crippen molar-refractivity contribution in [3.05, 3.63) is 24.3 Å². The summed E-state index contributed by atoms with van der Waals surface area (Å²) in [6, 6.07) is 7.58. The molecule has 2 rings (SSSR count). The van der Waals surface area contributed by atoms with Gasteiger partial charge in [-0.05, 0) is 31.0 Å². The van der Waals surface area contributed by atoms with E-state index < -0.39 is 0 Å². The molecule has 1 heterocycles. The molecule has 0 aliphatic carbocycles. The molecule has 1 aromatic rings. The normalized spacial score (nSPS) is 14.9. The Hall–Kier alpha value is -1.71. The molecule has 0 bridgehead atoms. The maximum atomic E-state index is 11.8. The molecule has 1 aliphatic heterocycles. The van der Waals surface area contributed by atoms with Crippen LogP contribution in [0.15, 0.2) is 24.3 Å². The molecule has 0 radical (unpaired) electrons. The van der Waals surface area contributed by atoms with Crippen molar-refractivity contribution >= 4 is 17.3 Å². The molecule has 92 valence electrons. The molecule has 1 saturated heterocycles. The Labute approximate surface area is 102 Å². The van der Waals surface area contributed by atoms with E-state index in [9.17, 15) is 4.79 Å². The second-order valence-corrected chi connectivity index (χ2v) is 4.39. The number of hydrogen-bond donors (Lipinski definition) is 2. The fourth-order valence-electron chi connectivity index (χ4n) is 2.09. The minimum absolute atomic E-state index is 0.249. The van der Waals surface area contributed by atoms with Gasteiger partial charge in [0.15, 0.2) is 0 Å². The fourth-order valence-corrected chi connectivity index (χ4v) is 2.09. The summed E-state index contributed by atoms with van der Waals surface area (Å²) in [7, 11) is 0. The number of rotatable bonds is 4. The monoisotopic (exact) mass is 233 g/mol. The molecule has 4 heteroatoms. The summed E-state index contributed by atoms with van der Waals surface area (Å²) in [5, 5.41) is 3.21. The summed E-state index contributed by atoms with van der Waals surface area (Å²) >= 11 is 0. The van der Waals surface area contributed by atoms with E-state index in [1.165, 1.54) is 0 Å². The molecular formula is C13H19N3O. The number of anilines is 2. The second kappa shape index (κ2) is 5.57. The molecular weight excluding hydrogens is 214 g/mol. The Bertz CT molecular complexity index is 386. The van der Waals surface area contributed by atoms with Gasteiger partial charge in [0.25, 0.3) is 0 Å². The van der Waals surface area contributed by atoms with Crippen LogP contribution < -0.4 is 11.1 Å². The maximum Gasteiger partial charge on any atom is 0.224 e. The van der Waals surface area contributed by atoms with Gasteiger partial charge in [0.05, 0.1) is 0 Å².